The molecule has 1 aromatic rings. The molecule has 0 radical (unpaired) electrons. The van der Waals surface area contributed by atoms with Gasteiger partial charge in [-0.2, -0.15) is 11.8 Å². The molecule has 2 heteroatoms. The minimum Gasteiger partial charge on any atom is -0.293 e. The lowest BCUT2D eigenvalue weighted by atomic mass is 10.1. The second-order valence-electron chi connectivity index (χ2n) is 3.64. The Hall–Kier alpha value is -0.760. The van der Waals surface area contributed by atoms with Crippen LogP contribution in [0.5, 0.6) is 0 Å². The molecule has 0 atom stereocenters. The summed E-state index contributed by atoms with van der Waals surface area (Å²) in [6, 6.07) is 7.80. The number of hydrogen-bond donors (Lipinski definition) is 0. The van der Waals surface area contributed by atoms with Crippen LogP contribution in [0.25, 0.3) is 0 Å². The first-order valence-corrected chi connectivity index (χ1v) is 6.57. The van der Waals surface area contributed by atoms with Gasteiger partial charge in [0.1, 0.15) is 0 Å². The number of aryl methyl sites for hydroxylation is 1. The number of thioether (sulfide) groups is 1. The van der Waals surface area contributed by atoms with Crippen LogP contribution in [0.15, 0.2) is 24.3 Å². The van der Waals surface area contributed by atoms with Gasteiger partial charge in [0.05, 0.1) is 5.75 Å². The number of ketones is 1. The van der Waals surface area contributed by atoms with Crippen molar-refractivity contribution in [3.05, 3.63) is 35.4 Å². The summed E-state index contributed by atoms with van der Waals surface area (Å²) in [5, 5.41) is 0. The van der Waals surface area contributed by atoms with Gasteiger partial charge in [0.15, 0.2) is 5.78 Å². The normalized spacial score (nSPS) is 10.3. The predicted molar refractivity (Wildman–Crippen MR) is 67.7 cm³/mol. The van der Waals surface area contributed by atoms with Crippen molar-refractivity contribution in [2.24, 2.45) is 0 Å². The number of unbranched alkanes of at least 4 members (excludes halogenated alkanes) is 1. The van der Waals surface area contributed by atoms with E-state index in [1.807, 2.05) is 31.2 Å². The van der Waals surface area contributed by atoms with E-state index in [9.17, 15) is 4.79 Å². The van der Waals surface area contributed by atoms with E-state index in [2.05, 4.69) is 6.92 Å². The van der Waals surface area contributed by atoms with Crippen LogP contribution in [0.3, 0.4) is 0 Å². The molecule has 0 N–H and O–H groups in total. The zero-order chi connectivity index (χ0) is 11.1. The molecule has 0 aliphatic heterocycles. The summed E-state index contributed by atoms with van der Waals surface area (Å²) in [5.74, 6) is 1.97. The molecule has 0 saturated carbocycles. The average Bonchev–Trinajstić information content (AvgIpc) is 2.25. The third-order valence-corrected chi connectivity index (χ3v) is 3.36. The molecule has 1 aromatic carbocycles. The van der Waals surface area contributed by atoms with Crippen molar-refractivity contribution in [3.63, 3.8) is 0 Å². The number of Topliss-reactive ketones (excluding diaryl/α,β-unsaturated/α-hetero) is 1. The molecular formula is C13H18OS. The molecule has 0 saturated heterocycles. The van der Waals surface area contributed by atoms with Crippen molar-refractivity contribution >= 4 is 17.5 Å². The number of benzene rings is 1. The molecular weight excluding hydrogens is 204 g/mol. The summed E-state index contributed by atoms with van der Waals surface area (Å²) < 4.78 is 0. The molecule has 15 heavy (non-hydrogen) atoms. The molecule has 0 unspecified atom stereocenters. The first kappa shape index (κ1) is 12.3. The fourth-order valence-corrected chi connectivity index (χ4v) is 2.35. The van der Waals surface area contributed by atoms with E-state index in [0.29, 0.717) is 5.75 Å². The molecule has 0 aliphatic rings. The fourth-order valence-electron chi connectivity index (χ4n) is 1.37. The van der Waals surface area contributed by atoms with Crippen molar-refractivity contribution in [2.75, 3.05) is 11.5 Å². The Morgan fingerprint density at radius 3 is 2.73 bits per heavy atom. The summed E-state index contributed by atoms with van der Waals surface area (Å²) in [6.45, 7) is 4.16. The Morgan fingerprint density at radius 2 is 2.07 bits per heavy atom. The quantitative estimate of drug-likeness (QED) is 0.539. The lowest BCUT2D eigenvalue weighted by Crippen LogP contribution is -2.04. The van der Waals surface area contributed by atoms with Crippen molar-refractivity contribution in [1.29, 1.82) is 0 Å². The fraction of sp³-hybridized carbons (Fsp3) is 0.462. The molecule has 0 aliphatic carbocycles. The van der Waals surface area contributed by atoms with Gasteiger partial charge in [-0.05, 0) is 24.7 Å². The zero-order valence-electron chi connectivity index (χ0n) is 9.45. The number of hydrogen-bond acceptors (Lipinski definition) is 2. The van der Waals surface area contributed by atoms with E-state index in [-0.39, 0.29) is 5.78 Å². The van der Waals surface area contributed by atoms with Crippen molar-refractivity contribution in [2.45, 2.75) is 26.7 Å². The third-order valence-electron chi connectivity index (χ3n) is 2.32. The largest absolute Gasteiger partial charge is 0.293 e. The summed E-state index contributed by atoms with van der Waals surface area (Å²) in [6.07, 6.45) is 2.40. The third kappa shape index (κ3) is 4.08. The van der Waals surface area contributed by atoms with Crippen molar-refractivity contribution < 1.29 is 4.79 Å². The number of rotatable bonds is 6. The van der Waals surface area contributed by atoms with Gasteiger partial charge in [-0.3, -0.25) is 4.79 Å². The molecule has 82 valence electrons. The van der Waals surface area contributed by atoms with Crippen LogP contribution in [0, 0.1) is 6.92 Å². The van der Waals surface area contributed by atoms with E-state index in [4.69, 9.17) is 0 Å². The molecule has 0 bridgehead atoms. The lowest BCUT2D eigenvalue weighted by Gasteiger charge is -2.03. The summed E-state index contributed by atoms with van der Waals surface area (Å²) in [5.41, 5.74) is 1.96. The highest BCUT2D eigenvalue weighted by Crippen LogP contribution is 2.12. The SMILES string of the molecule is CCCCSCC(=O)c1ccccc1C. The van der Waals surface area contributed by atoms with Gasteiger partial charge >= 0.3 is 0 Å². The summed E-state index contributed by atoms with van der Waals surface area (Å²) in [7, 11) is 0. The predicted octanol–water partition coefficient (Wildman–Crippen LogP) is 3.71. The monoisotopic (exact) mass is 222 g/mol. The van der Waals surface area contributed by atoms with Gasteiger partial charge in [-0.15, -0.1) is 0 Å². The molecule has 1 rings (SSSR count). The number of carbonyl (C=O) groups is 1. The van der Waals surface area contributed by atoms with Crippen molar-refractivity contribution in [3.8, 4) is 0 Å². The molecule has 0 aromatic heterocycles. The van der Waals surface area contributed by atoms with E-state index in [1.165, 1.54) is 12.8 Å². The second-order valence-corrected chi connectivity index (χ2v) is 4.75. The van der Waals surface area contributed by atoms with Gasteiger partial charge in [-0.25, -0.2) is 0 Å². The van der Waals surface area contributed by atoms with Crippen LogP contribution in [0.2, 0.25) is 0 Å². The Kier molecular flexibility index (Phi) is 5.48. The smallest absolute Gasteiger partial charge is 0.172 e. The minimum absolute atomic E-state index is 0.259. The Bertz CT molecular complexity index is 320. The van der Waals surface area contributed by atoms with Crippen LogP contribution < -0.4 is 0 Å². The first-order valence-electron chi connectivity index (χ1n) is 5.42. The highest BCUT2D eigenvalue weighted by atomic mass is 32.2. The Labute approximate surface area is 96.3 Å². The van der Waals surface area contributed by atoms with Gasteiger partial charge in [0.2, 0.25) is 0 Å². The summed E-state index contributed by atoms with van der Waals surface area (Å²) in [4.78, 5) is 11.8. The molecule has 0 fully saturated rings. The first-order chi connectivity index (χ1) is 7.25. The molecule has 1 nitrogen and oxygen atoms in total. The second kappa shape index (κ2) is 6.67. The number of carbonyl (C=O) groups excluding carboxylic acids is 1. The molecule has 0 spiro atoms. The standard InChI is InChI=1S/C13H18OS/c1-3-4-9-15-10-13(14)12-8-6-5-7-11(12)2/h5-8H,3-4,9-10H2,1-2H3. The van der Waals surface area contributed by atoms with E-state index in [1.54, 1.807) is 11.8 Å². The lowest BCUT2D eigenvalue weighted by molar-refractivity contribution is 0.102. The van der Waals surface area contributed by atoms with Crippen molar-refractivity contribution in [1.82, 2.24) is 0 Å². The average molecular weight is 222 g/mol. The van der Waals surface area contributed by atoms with Crippen LogP contribution in [0.4, 0.5) is 0 Å². The van der Waals surface area contributed by atoms with E-state index >= 15 is 0 Å². The van der Waals surface area contributed by atoms with Gasteiger partial charge < -0.3 is 0 Å². The van der Waals surface area contributed by atoms with Crippen LogP contribution >= 0.6 is 11.8 Å². The van der Waals surface area contributed by atoms with Crippen LogP contribution in [-0.2, 0) is 0 Å². The van der Waals surface area contributed by atoms with Crippen LogP contribution in [-0.4, -0.2) is 17.3 Å². The van der Waals surface area contributed by atoms with E-state index < -0.39 is 0 Å². The highest BCUT2D eigenvalue weighted by molar-refractivity contribution is 7.99. The topological polar surface area (TPSA) is 17.1 Å². The minimum atomic E-state index is 0.259. The Balaban J connectivity index is 2.44. The van der Waals surface area contributed by atoms with Gasteiger partial charge in [-0.1, -0.05) is 37.6 Å². The molecule has 0 amide bonds. The zero-order valence-corrected chi connectivity index (χ0v) is 10.3. The van der Waals surface area contributed by atoms with Crippen LogP contribution in [0.1, 0.15) is 35.7 Å². The van der Waals surface area contributed by atoms with Gasteiger partial charge in [0.25, 0.3) is 0 Å². The molecule has 0 heterocycles. The van der Waals surface area contributed by atoms with Gasteiger partial charge in [0, 0.05) is 5.56 Å². The van der Waals surface area contributed by atoms with E-state index in [0.717, 1.165) is 16.9 Å². The maximum absolute atomic E-state index is 11.8. The maximum Gasteiger partial charge on any atom is 0.172 e. The highest BCUT2D eigenvalue weighted by Gasteiger charge is 2.07. The summed E-state index contributed by atoms with van der Waals surface area (Å²) >= 11 is 1.74. The Morgan fingerprint density at radius 1 is 1.33 bits per heavy atom. The maximum atomic E-state index is 11.8.